The van der Waals surface area contributed by atoms with Gasteiger partial charge in [0.15, 0.2) is 5.65 Å². The molecule has 0 aliphatic rings. The van der Waals surface area contributed by atoms with E-state index in [0.717, 1.165) is 0 Å². The lowest BCUT2D eigenvalue weighted by atomic mass is 10.2. The first-order valence-electron chi connectivity index (χ1n) is 4.74. The van der Waals surface area contributed by atoms with Gasteiger partial charge in [0.1, 0.15) is 0 Å². The van der Waals surface area contributed by atoms with Crippen molar-refractivity contribution >= 4 is 21.9 Å². The van der Waals surface area contributed by atoms with Crippen LogP contribution in [0, 0.1) is 6.92 Å². The van der Waals surface area contributed by atoms with Crippen molar-refractivity contribution in [1.82, 2.24) is 19.9 Å². The largest absolute Gasteiger partial charge is 0.423 e. The second kappa shape index (κ2) is 2.82. The zero-order valence-electron chi connectivity index (χ0n) is 8.43. The molecule has 3 aromatic heterocycles. The summed E-state index contributed by atoms with van der Waals surface area (Å²) < 4.78 is 0.556. The van der Waals surface area contributed by atoms with E-state index in [1.807, 2.05) is 0 Å². The summed E-state index contributed by atoms with van der Waals surface area (Å²) in [6.45, 7) is 1.71. The minimum absolute atomic E-state index is 0.226. The van der Waals surface area contributed by atoms with Crippen LogP contribution in [0.25, 0.3) is 21.9 Å². The molecule has 0 amide bonds. The van der Waals surface area contributed by atoms with E-state index in [1.165, 1.54) is 6.20 Å². The number of aromatic nitrogens is 4. The molecular weight excluding hydrogens is 208 g/mol. The molecule has 0 unspecified atom stereocenters. The molecule has 0 aromatic carbocycles. The number of nitrogens with one attached hydrogen (secondary N) is 1. The first-order valence-corrected chi connectivity index (χ1v) is 4.74. The van der Waals surface area contributed by atoms with Crippen molar-refractivity contribution in [3.05, 3.63) is 34.4 Å². The molecular formula is C10H8N4O2. The van der Waals surface area contributed by atoms with Gasteiger partial charge >= 0.3 is 0 Å². The van der Waals surface area contributed by atoms with Crippen LogP contribution >= 0.6 is 0 Å². The van der Waals surface area contributed by atoms with Gasteiger partial charge in [-0.3, -0.25) is 9.89 Å². The van der Waals surface area contributed by atoms with Gasteiger partial charge in [-0.15, -0.1) is 4.73 Å². The van der Waals surface area contributed by atoms with E-state index in [9.17, 15) is 10.0 Å². The van der Waals surface area contributed by atoms with Crippen LogP contribution in [0.15, 0.2) is 23.1 Å². The van der Waals surface area contributed by atoms with Crippen LogP contribution in [0.4, 0.5) is 0 Å². The number of aryl methyl sites for hydroxylation is 1. The molecule has 0 bridgehead atoms. The topological polar surface area (TPSA) is 83.8 Å². The Morgan fingerprint density at radius 2 is 2.31 bits per heavy atom. The van der Waals surface area contributed by atoms with Gasteiger partial charge in [0.05, 0.1) is 16.6 Å². The molecule has 80 valence electrons. The Morgan fingerprint density at radius 3 is 3.12 bits per heavy atom. The molecule has 0 saturated carbocycles. The number of hydrogen-bond acceptors (Lipinski definition) is 4. The van der Waals surface area contributed by atoms with E-state index in [4.69, 9.17) is 0 Å². The fraction of sp³-hybridized carbons (Fsp3) is 0.100. The Kier molecular flexibility index (Phi) is 1.57. The maximum absolute atomic E-state index is 11.8. The van der Waals surface area contributed by atoms with E-state index in [2.05, 4.69) is 15.2 Å². The number of pyridine rings is 2. The van der Waals surface area contributed by atoms with Crippen LogP contribution < -0.4 is 5.56 Å². The molecule has 3 aromatic rings. The molecule has 0 atom stereocenters. The SMILES string of the molecule is Cc1n[nH]c2c1c(=O)n(O)c1ncccc21. The molecule has 16 heavy (non-hydrogen) atoms. The van der Waals surface area contributed by atoms with E-state index < -0.39 is 5.56 Å². The average molecular weight is 216 g/mol. The van der Waals surface area contributed by atoms with E-state index in [-0.39, 0.29) is 5.65 Å². The molecule has 0 saturated heterocycles. The third-order valence-corrected chi connectivity index (χ3v) is 2.61. The predicted octanol–water partition coefficient (Wildman–Crippen LogP) is 0.819. The summed E-state index contributed by atoms with van der Waals surface area (Å²) in [6, 6.07) is 3.51. The van der Waals surface area contributed by atoms with Crippen molar-refractivity contribution in [2.24, 2.45) is 0 Å². The average Bonchev–Trinajstić information content (AvgIpc) is 2.69. The molecule has 0 fully saturated rings. The van der Waals surface area contributed by atoms with Gasteiger partial charge in [-0.25, -0.2) is 4.98 Å². The Balaban J connectivity index is 2.76. The van der Waals surface area contributed by atoms with Gasteiger partial charge < -0.3 is 5.21 Å². The number of aromatic amines is 1. The molecule has 0 spiro atoms. The Bertz CT molecular complexity index is 756. The van der Waals surface area contributed by atoms with Crippen molar-refractivity contribution in [2.75, 3.05) is 0 Å². The third-order valence-electron chi connectivity index (χ3n) is 2.61. The van der Waals surface area contributed by atoms with Crippen LogP contribution in [0.3, 0.4) is 0 Å². The van der Waals surface area contributed by atoms with Gasteiger partial charge in [0.25, 0.3) is 5.56 Å². The maximum Gasteiger partial charge on any atom is 0.296 e. The second-order valence-electron chi connectivity index (χ2n) is 3.55. The molecule has 3 rings (SSSR count). The second-order valence-corrected chi connectivity index (χ2v) is 3.55. The van der Waals surface area contributed by atoms with Gasteiger partial charge in [0, 0.05) is 11.6 Å². The summed E-state index contributed by atoms with van der Waals surface area (Å²) in [7, 11) is 0. The number of rotatable bonds is 0. The van der Waals surface area contributed by atoms with E-state index in [1.54, 1.807) is 19.1 Å². The summed E-state index contributed by atoms with van der Waals surface area (Å²) in [4.78, 5) is 15.8. The first-order chi connectivity index (χ1) is 7.70. The van der Waals surface area contributed by atoms with E-state index >= 15 is 0 Å². The van der Waals surface area contributed by atoms with Crippen LogP contribution in [-0.4, -0.2) is 25.1 Å². The zero-order valence-corrected chi connectivity index (χ0v) is 8.43. The summed E-state index contributed by atoms with van der Waals surface area (Å²) in [6.07, 6.45) is 1.52. The number of H-pyrrole nitrogens is 1. The molecule has 0 radical (unpaired) electrons. The van der Waals surface area contributed by atoms with Crippen LogP contribution in [-0.2, 0) is 0 Å². The highest BCUT2D eigenvalue weighted by atomic mass is 16.5. The fourth-order valence-corrected chi connectivity index (χ4v) is 1.85. The van der Waals surface area contributed by atoms with Gasteiger partial charge in [-0.05, 0) is 19.1 Å². The molecule has 6 nitrogen and oxygen atoms in total. The van der Waals surface area contributed by atoms with Crippen LogP contribution in [0.1, 0.15) is 5.69 Å². The highest BCUT2D eigenvalue weighted by Crippen LogP contribution is 2.19. The van der Waals surface area contributed by atoms with Crippen LogP contribution in [0.5, 0.6) is 0 Å². The smallest absolute Gasteiger partial charge is 0.296 e. The van der Waals surface area contributed by atoms with Crippen LogP contribution in [0.2, 0.25) is 0 Å². The number of hydrogen-bond donors (Lipinski definition) is 2. The lowest BCUT2D eigenvalue weighted by Gasteiger charge is -2.02. The fourth-order valence-electron chi connectivity index (χ4n) is 1.85. The minimum Gasteiger partial charge on any atom is -0.423 e. The third kappa shape index (κ3) is 0.928. The Labute approximate surface area is 89.1 Å². The number of fused-ring (bicyclic) bond motifs is 3. The van der Waals surface area contributed by atoms with E-state index in [0.29, 0.717) is 26.7 Å². The summed E-state index contributed by atoms with van der Waals surface area (Å²) >= 11 is 0. The molecule has 0 aliphatic heterocycles. The molecule has 6 heteroatoms. The van der Waals surface area contributed by atoms with Crippen molar-refractivity contribution in [3.63, 3.8) is 0 Å². The maximum atomic E-state index is 11.8. The normalized spacial score (nSPS) is 11.3. The first kappa shape index (κ1) is 8.90. The molecule has 0 aliphatic carbocycles. The van der Waals surface area contributed by atoms with Gasteiger partial charge in [-0.2, -0.15) is 5.10 Å². The lowest BCUT2D eigenvalue weighted by molar-refractivity contribution is 0.188. The number of nitrogens with zero attached hydrogens (tertiary/aromatic N) is 3. The van der Waals surface area contributed by atoms with Crippen molar-refractivity contribution in [2.45, 2.75) is 6.92 Å². The Hall–Kier alpha value is -2.37. The predicted molar refractivity (Wildman–Crippen MR) is 57.6 cm³/mol. The van der Waals surface area contributed by atoms with Gasteiger partial charge in [0.2, 0.25) is 0 Å². The highest BCUT2D eigenvalue weighted by molar-refractivity contribution is 6.02. The minimum atomic E-state index is -0.507. The standard InChI is InChI=1S/C10H8N4O2/c1-5-7-8(13-12-5)6-3-2-4-11-9(6)14(16)10(7)15/h2-4,16H,1H3,(H,12,13). The quantitative estimate of drug-likeness (QED) is 0.545. The van der Waals surface area contributed by atoms with Crippen molar-refractivity contribution in [1.29, 1.82) is 0 Å². The monoisotopic (exact) mass is 216 g/mol. The summed E-state index contributed by atoms with van der Waals surface area (Å²) in [5, 5.41) is 17.5. The summed E-state index contributed by atoms with van der Waals surface area (Å²) in [5.74, 6) is 0. The lowest BCUT2D eigenvalue weighted by Crippen LogP contribution is -2.19. The highest BCUT2D eigenvalue weighted by Gasteiger charge is 2.14. The van der Waals surface area contributed by atoms with Gasteiger partial charge in [-0.1, -0.05) is 0 Å². The van der Waals surface area contributed by atoms with Crippen molar-refractivity contribution < 1.29 is 5.21 Å². The molecule has 2 N–H and O–H groups in total. The Morgan fingerprint density at radius 1 is 1.50 bits per heavy atom. The molecule has 3 heterocycles. The zero-order chi connectivity index (χ0) is 11.3. The summed E-state index contributed by atoms with van der Waals surface area (Å²) in [5.41, 5.74) is 0.889. The van der Waals surface area contributed by atoms with Crippen molar-refractivity contribution in [3.8, 4) is 0 Å².